The summed E-state index contributed by atoms with van der Waals surface area (Å²) >= 11 is 1.57. The minimum Gasteiger partial charge on any atom is -0.468 e. The average Bonchev–Trinajstić information content (AvgIpc) is 2.25. The minimum absolute atomic E-state index is 0.174. The lowest BCUT2D eigenvalue weighted by Gasteiger charge is -2.16. The Hall–Kier alpha value is -0.260. The molecule has 0 amide bonds. The first-order chi connectivity index (χ1) is 7.24. The molecule has 0 aromatic rings. The Morgan fingerprint density at radius 3 is 2.73 bits per heavy atom. The molecule has 90 valence electrons. The van der Waals surface area contributed by atoms with Crippen molar-refractivity contribution in [2.75, 3.05) is 38.9 Å². The number of ether oxygens (including phenoxy) is 2. The molecule has 5 heteroatoms. The standard InChI is InChI=1S/C10H21NO3S/c1-4-5-11-9(6-13-2)7-15-8-10(12)14-3/h9,11H,4-8H2,1-3H3. The molecule has 1 atom stereocenters. The SMILES string of the molecule is CCCNC(COC)CSCC(=O)OC. The molecular weight excluding hydrogens is 214 g/mol. The van der Waals surface area contributed by atoms with E-state index < -0.39 is 0 Å². The van der Waals surface area contributed by atoms with Crippen LogP contribution in [0.4, 0.5) is 0 Å². The van der Waals surface area contributed by atoms with E-state index in [9.17, 15) is 4.79 Å². The van der Waals surface area contributed by atoms with Gasteiger partial charge in [-0.3, -0.25) is 4.79 Å². The van der Waals surface area contributed by atoms with Gasteiger partial charge in [-0.15, -0.1) is 11.8 Å². The highest BCUT2D eigenvalue weighted by Gasteiger charge is 2.08. The maximum absolute atomic E-state index is 10.9. The number of thioether (sulfide) groups is 1. The zero-order valence-electron chi connectivity index (χ0n) is 9.75. The van der Waals surface area contributed by atoms with Gasteiger partial charge in [0.2, 0.25) is 0 Å². The van der Waals surface area contributed by atoms with Gasteiger partial charge in [0.15, 0.2) is 0 Å². The molecule has 4 nitrogen and oxygen atoms in total. The van der Waals surface area contributed by atoms with Gasteiger partial charge in [-0.1, -0.05) is 6.92 Å². The Morgan fingerprint density at radius 1 is 1.47 bits per heavy atom. The molecule has 15 heavy (non-hydrogen) atoms. The lowest BCUT2D eigenvalue weighted by molar-refractivity contribution is -0.137. The van der Waals surface area contributed by atoms with Crippen LogP contribution < -0.4 is 5.32 Å². The third-order valence-electron chi connectivity index (χ3n) is 1.82. The van der Waals surface area contributed by atoms with Crippen molar-refractivity contribution in [2.24, 2.45) is 0 Å². The van der Waals surface area contributed by atoms with Gasteiger partial charge < -0.3 is 14.8 Å². The molecule has 0 saturated heterocycles. The molecule has 0 fully saturated rings. The summed E-state index contributed by atoms with van der Waals surface area (Å²) in [6.45, 7) is 3.78. The highest BCUT2D eigenvalue weighted by atomic mass is 32.2. The van der Waals surface area contributed by atoms with E-state index in [1.54, 1.807) is 18.9 Å². The van der Waals surface area contributed by atoms with E-state index in [0.29, 0.717) is 18.4 Å². The van der Waals surface area contributed by atoms with E-state index in [0.717, 1.165) is 18.7 Å². The Labute approximate surface area is 96.1 Å². The molecule has 0 saturated carbocycles. The fourth-order valence-electron chi connectivity index (χ4n) is 1.06. The summed E-state index contributed by atoms with van der Waals surface area (Å²) in [5.74, 6) is 1.10. The Morgan fingerprint density at radius 2 is 2.20 bits per heavy atom. The molecule has 0 aliphatic carbocycles. The quantitative estimate of drug-likeness (QED) is 0.602. The minimum atomic E-state index is -0.174. The van der Waals surface area contributed by atoms with E-state index in [1.807, 2.05) is 0 Å². The van der Waals surface area contributed by atoms with Crippen LogP contribution in [0.2, 0.25) is 0 Å². The fraction of sp³-hybridized carbons (Fsp3) is 0.900. The van der Waals surface area contributed by atoms with Crippen LogP contribution in [0, 0.1) is 0 Å². The predicted molar refractivity (Wildman–Crippen MR) is 63.3 cm³/mol. The van der Waals surface area contributed by atoms with Crippen LogP contribution in [0.1, 0.15) is 13.3 Å². The number of methoxy groups -OCH3 is 2. The summed E-state index contributed by atoms with van der Waals surface area (Å²) < 4.78 is 9.65. The highest BCUT2D eigenvalue weighted by Crippen LogP contribution is 2.04. The molecule has 0 rings (SSSR count). The summed E-state index contributed by atoms with van der Waals surface area (Å²) in [5.41, 5.74) is 0. The second-order valence-corrected chi connectivity index (χ2v) is 4.23. The third-order valence-corrected chi connectivity index (χ3v) is 2.90. The average molecular weight is 235 g/mol. The number of esters is 1. The van der Waals surface area contributed by atoms with Gasteiger partial charge in [-0.25, -0.2) is 0 Å². The van der Waals surface area contributed by atoms with Crippen LogP contribution in [-0.4, -0.2) is 50.9 Å². The molecule has 0 heterocycles. The van der Waals surface area contributed by atoms with Gasteiger partial charge in [0.25, 0.3) is 0 Å². The monoisotopic (exact) mass is 235 g/mol. The molecular formula is C10H21NO3S. The van der Waals surface area contributed by atoms with E-state index in [2.05, 4.69) is 17.0 Å². The zero-order chi connectivity index (χ0) is 11.5. The molecule has 1 N–H and O–H groups in total. The van der Waals surface area contributed by atoms with Crippen molar-refractivity contribution in [3.05, 3.63) is 0 Å². The van der Waals surface area contributed by atoms with Crippen molar-refractivity contribution in [3.8, 4) is 0 Å². The van der Waals surface area contributed by atoms with Crippen molar-refractivity contribution in [3.63, 3.8) is 0 Å². The van der Waals surface area contributed by atoms with Gasteiger partial charge in [0, 0.05) is 18.9 Å². The maximum atomic E-state index is 10.9. The molecule has 0 aromatic heterocycles. The van der Waals surface area contributed by atoms with Crippen LogP contribution in [0.25, 0.3) is 0 Å². The number of carbonyl (C=O) groups excluding carboxylic acids is 1. The summed E-state index contributed by atoms with van der Waals surface area (Å²) in [6.07, 6.45) is 1.10. The van der Waals surface area contributed by atoms with Crippen LogP contribution in [0.3, 0.4) is 0 Å². The molecule has 0 bridgehead atoms. The Bertz CT molecular complexity index is 167. The first-order valence-electron chi connectivity index (χ1n) is 5.11. The molecule has 1 unspecified atom stereocenters. The second-order valence-electron chi connectivity index (χ2n) is 3.20. The molecule has 0 spiro atoms. The molecule has 0 aliphatic heterocycles. The fourth-order valence-corrected chi connectivity index (χ4v) is 1.96. The normalized spacial score (nSPS) is 12.5. The van der Waals surface area contributed by atoms with Gasteiger partial charge in [-0.2, -0.15) is 0 Å². The number of rotatable bonds is 9. The molecule has 0 aliphatic rings. The van der Waals surface area contributed by atoms with E-state index >= 15 is 0 Å². The van der Waals surface area contributed by atoms with Gasteiger partial charge in [0.05, 0.1) is 19.5 Å². The maximum Gasteiger partial charge on any atom is 0.315 e. The van der Waals surface area contributed by atoms with E-state index in [-0.39, 0.29) is 5.97 Å². The largest absolute Gasteiger partial charge is 0.468 e. The van der Waals surface area contributed by atoms with E-state index in [4.69, 9.17) is 4.74 Å². The summed E-state index contributed by atoms with van der Waals surface area (Å²) in [6, 6.07) is 0.310. The zero-order valence-corrected chi connectivity index (χ0v) is 10.6. The van der Waals surface area contributed by atoms with Crippen LogP contribution >= 0.6 is 11.8 Å². The topological polar surface area (TPSA) is 47.6 Å². The van der Waals surface area contributed by atoms with Crippen LogP contribution in [0.5, 0.6) is 0 Å². The molecule has 0 aromatic carbocycles. The van der Waals surface area contributed by atoms with Crippen molar-refractivity contribution < 1.29 is 14.3 Å². The van der Waals surface area contributed by atoms with Crippen LogP contribution in [-0.2, 0) is 14.3 Å². The lowest BCUT2D eigenvalue weighted by atomic mass is 10.3. The smallest absolute Gasteiger partial charge is 0.315 e. The number of carbonyl (C=O) groups is 1. The lowest BCUT2D eigenvalue weighted by Crippen LogP contribution is -2.36. The first-order valence-corrected chi connectivity index (χ1v) is 6.26. The Balaban J connectivity index is 3.60. The number of nitrogens with one attached hydrogen (secondary N) is 1. The highest BCUT2D eigenvalue weighted by molar-refractivity contribution is 7.99. The summed E-state index contributed by atoms with van der Waals surface area (Å²) in [7, 11) is 3.09. The molecule has 0 radical (unpaired) electrons. The summed E-state index contributed by atoms with van der Waals surface area (Å²) in [5, 5.41) is 3.36. The predicted octanol–water partition coefficient (Wildman–Crippen LogP) is 0.907. The van der Waals surface area contributed by atoms with Crippen molar-refractivity contribution in [1.82, 2.24) is 5.32 Å². The second kappa shape index (κ2) is 10.3. The first kappa shape index (κ1) is 14.7. The van der Waals surface area contributed by atoms with E-state index in [1.165, 1.54) is 7.11 Å². The third kappa shape index (κ3) is 8.72. The van der Waals surface area contributed by atoms with Gasteiger partial charge >= 0.3 is 5.97 Å². The van der Waals surface area contributed by atoms with Crippen LogP contribution in [0.15, 0.2) is 0 Å². The van der Waals surface area contributed by atoms with Crippen molar-refractivity contribution >= 4 is 17.7 Å². The number of hydrogen-bond donors (Lipinski definition) is 1. The van der Waals surface area contributed by atoms with Crippen molar-refractivity contribution in [1.29, 1.82) is 0 Å². The van der Waals surface area contributed by atoms with Gasteiger partial charge in [0.1, 0.15) is 0 Å². The number of hydrogen-bond acceptors (Lipinski definition) is 5. The van der Waals surface area contributed by atoms with Crippen molar-refractivity contribution in [2.45, 2.75) is 19.4 Å². The Kier molecular flexibility index (Phi) is 10.1. The summed E-state index contributed by atoms with van der Waals surface area (Å²) in [4.78, 5) is 10.9. The van der Waals surface area contributed by atoms with Gasteiger partial charge in [-0.05, 0) is 13.0 Å².